The van der Waals surface area contributed by atoms with Gasteiger partial charge in [-0.15, -0.1) is 23.1 Å². The average Bonchev–Trinajstić information content (AvgIpc) is 2.78. The Hall–Kier alpha value is -0.910. The molecule has 1 unspecified atom stereocenters. The fraction of sp³-hybridized carbons (Fsp3) is 0.154. The molecule has 2 rings (SSSR count). The number of halogens is 3. The van der Waals surface area contributed by atoms with Gasteiger partial charge in [0.1, 0.15) is 11.6 Å². The molecule has 0 amide bonds. The van der Waals surface area contributed by atoms with Crippen LogP contribution in [0.1, 0.15) is 16.6 Å². The van der Waals surface area contributed by atoms with E-state index >= 15 is 0 Å². The molecule has 0 fully saturated rings. The number of thioether (sulfide) groups is 1. The lowest BCUT2D eigenvalue weighted by Crippen LogP contribution is -2.12. The number of rotatable bonds is 4. The zero-order chi connectivity index (χ0) is 14.0. The van der Waals surface area contributed by atoms with Gasteiger partial charge in [0.25, 0.3) is 0 Å². The molecular formula is C13H9ClF2OS2. The van der Waals surface area contributed by atoms with Gasteiger partial charge in [-0.3, -0.25) is 4.79 Å². The molecule has 1 aromatic heterocycles. The van der Waals surface area contributed by atoms with Gasteiger partial charge in [0, 0.05) is 11.0 Å². The molecule has 1 nitrogen and oxygen atoms in total. The smallest absolute Gasteiger partial charge is 0.185 e. The molecule has 1 heterocycles. The van der Waals surface area contributed by atoms with Crippen molar-refractivity contribution in [3.63, 3.8) is 0 Å². The fourth-order valence-corrected chi connectivity index (χ4v) is 3.54. The molecule has 2 aromatic rings. The van der Waals surface area contributed by atoms with Gasteiger partial charge in [-0.2, -0.15) is 0 Å². The third-order valence-electron chi connectivity index (χ3n) is 2.38. The van der Waals surface area contributed by atoms with Crippen molar-refractivity contribution in [1.29, 1.82) is 0 Å². The SMILES string of the molecule is CC(Sc1ccc(F)cc1F)C(=O)c1ccc(Cl)s1. The standard InChI is InChI=1S/C13H9ClF2OS2/c1-7(13(17)11-4-5-12(14)19-11)18-10-3-2-8(15)6-9(10)16/h2-7H,1H3. The highest BCUT2D eigenvalue weighted by Gasteiger charge is 2.19. The topological polar surface area (TPSA) is 17.1 Å². The largest absolute Gasteiger partial charge is 0.292 e. The summed E-state index contributed by atoms with van der Waals surface area (Å²) in [5, 5.41) is -0.463. The van der Waals surface area contributed by atoms with E-state index in [0.29, 0.717) is 9.21 Å². The first-order chi connectivity index (χ1) is 8.97. The van der Waals surface area contributed by atoms with E-state index in [-0.39, 0.29) is 10.7 Å². The first kappa shape index (κ1) is 14.5. The Bertz CT molecular complexity index is 612. The van der Waals surface area contributed by atoms with Gasteiger partial charge in [-0.1, -0.05) is 11.6 Å². The number of hydrogen-bond acceptors (Lipinski definition) is 3. The van der Waals surface area contributed by atoms with Crippen LogP contribution in [0.4, 0.5) is 8.78 Å². The molecule has 0 saturated heterocycles. The summed E-state index contributed by atoms with van der Waals surface area (Å²) >= 11 is 8.02. The van der Waals surface area contributed by atoms with E-state index in [2.05, 4.69) is 0 Å². The summed E-state index contributed by atoms with van der Waals surface area (Å²) in [5.74, 6) is -1.41. The summed E-state index contributed by atoms with van der Waals surface area (Å²) in [6, 6.07) is 6.61. The fourth-order valence-electron chi connectivity index (χ4n) is 1.46. The van der Waals surface area contributed by atoms with Crippen LogP contribution in [0.2, 0.25) is 4.34 Å². The summed E-state index contributed by atoms with van der Waals surface area (Å²) in [5.41, 5.74) is 0. The van der Waals surface area contributed by atoms with Crippen molar-refractivity contribution in [1.82, 2.24) is 0 Å². The van der Waals surface area contributed by atoms with Crippen LogP contribution in [0.25, 0.3) is 0 Å². The molecule has 0 spiro atoms. The Morgan fingerprint density at radius 1 is 1.32 bits per heavy atom. The van der Waals surface area contributed by atoms with Crippen LogP contribution in [0.15, 0.2) is 35.2 Å². The van der Waals surface area contributed by atoms with Crippen LogP contribution >= 0.6 is 34.7 Å². The van der Waals surface area contributed by atoms with Gasteiger partial charge in [-0.05, 0) is 31.2 Å². The third kappa shape index (κ3) is 3.55. The van der Waals surface area contributed by atoms with Crippen molar-refractivity contribution in [2.45, 2.75) is 17.1 Å². The predicted octanol–water partition coefficient (Wildman–Crippen LogP) is 5.04. The quantitative estimate of drug-likeness (QED) is 0.580. The maximum absolute atomic E-state index is 13.5. The van der Waals surface area contributed by atoms with Gasteiger partial charge < -0.3 is 0 Å². The van der Waals surface area contributed by atoms with Crippen molar-refractivity contribution in [3.05, 3.63) is 51.2 Å². The van der Waals surface area contributed by atoms with E-state index in [9.17, 15) is 13.6 Å². The molecule has 100 valence electrons. The second kappa shape index (κ2) is 6.03. The molecule has 0 aliphatic carbocycles. The number of Topliss-reactive ketones (excluding diaryl/α,β-unsaturated/α-hetero) is 1. The van der Waals surface area contributed by atoms with Crippen LogP contribution in [0.3, 0.4) is 0 Å². The first-order valence-corrected chi connectivity index (χ1v) is 7.46. The van der Waals surface area contributed by atoms with Crippen molar-refractivity contribution >= 4 is 40.5 Å². The maximum atomic E-state index is 13.5. The Morgan fingerprint density at radius 3 is 2.63 bits per heavy atom. The van der Waals surface area contributed by atoms with Crippen molar-refractivity contribution in [2.24, 2.45) is 0 Å². The van der Waals surface area contributed by atoms with Crippen LogP contribution in [0, 0.1) is 11.6 Å². The van der Waals surface area contributed by atoms with Crippen LogP contribution in [-0.2, 0) is 0 Å². The molecule has 0 radical (unpaired) electrons. The predicted molar refractivity (Wildman–Crippen MR) is 75.3 cm³/mol. The van der Waals surface area contributed by atoms with Gasteiger partial charge in [0.15, 0.2) is 5.78 Å². The Kier molecular flexibility index (Phi) is 4.60. The Morgan fingerprint density at radius 2 is 2.05 bits per heavy atom. The first-order valence-electron chi connectivity index (χ1n) is 5.38. The molecule has 6 heteroatoms. The third-order valence-corrected chi connectivity index (χ3v) is 4.78. The summed E-state index contributed by atoms with van der Waals surface area (Å²) in [7, 11) is 0. The molecular weight excluding hydrogens is 310 g/mol. The minimum atomic E-state index is -0.658. The van der Waals surface area contributed by atoms with E-state index in [4.69, 9.17) is 11.6 Å². The number of benzene rings is 1. The Labute approximate surface area is 122 Å². The van der Waals surface area contributed by atoms with Crippen LogP contribution < -0.4 is 0 Å². The van der Waals surface area contributed by atoms with Gasteiger partial charge >= 0.3 is 0 Å². The summed E-state index contributed by atoms with van der Waals surface area (Å²) in [6.07, 6.45) is 0. The highest BCUT2D eigenvalue weighted by Crippen LogP contribution is 2.30. The normalized spacial score (nSPS) is 12.4. The lowest BCUT2D eigenvalue weighted by Gasteiger charge is -2.09. The number of hydrogen-bond donors (Lipinski definition) is 0. The van der Waals surface area contributed by atoms with E-state index in [1.54, 1.807) is 19.1 Å². The van der Waals surface area contributed by atoms with E-state index in [1.807, 2.05) is 0 Å². The van der Waals surface area contributed by atoms with Gasteiger partial charge in [0.05, 0.1) is 14.5 Å². The number of carbonyl (C=O) groups excluding carboxylic acids is 1. The summed E-state index contributed by atoms with van der Waals surface area (Å²) in [4.78, 5) is 12.9. The molecule has 0 N–H and O–H groups in total. The van der Waals surface area contributed by atoms with E-state index in [1.165, 1.54) is 23.5 Å². The van der Waals surface area contributed by atoms with Gasteiger partial charge in [-0.25, -0.2) is 8.78 Å². The molecule has 0 bridgehead atoms. The lowest BCUT2D eigenvalue weighted by molar-refractivity contribution is 0.0998. The van der Waals surface area contributed by atoms with Gasteiger partial charge in [0.2, 0.25) is 0 Å². The van der Waals surface area contributed by atoms with Crippen molar-refractivity contribution in [2.75, 3.05) is 0 Å². The molecule has 0 aliphatic heterocycles. The van der Waals surface area contributed by atoms with Crippen molar-refractivity contribution < 1.29 is 13.6 Å². The lowest BCUT2D eigenvalue weighted by atomic mass is 10.2. The summed E-state index contributed by atoms with van der Waals surface area (Å²) < 4.78 is 26.8. The number of ketones is 1. The van der Waals surface area contributed by atoms with Crippen LogP contribution in [-0.4, -0.2) is 11.0 Å². The maximum Gasteiger partial charge on any atom is 0.185 e. The molecule has 19 heavy (non-hydrogen) atoms. The van der Waals surface area contributed by atoms with Crippen LogP contribution in [0.5, 0.6) is 0 Å². The second-order valence-electron chi connectivity index (χ2n) is 3.80. The zero-order valence-corrected chi connectivity index (χ0v) is 12.2. The monoisotopic (exact) mass is 318 g/mol. The highest BCUT2D eigenvalue weighted by molar-refractivity contribution is 8.00. The number of carbonyl (C=O) groups is 1. The second-order valence-corrected chi connectivity index (χ2v) is 6.90. The van der Waals surface area contributed by atoms with E-state index < -0.39 is 16.9 Å². The van der Waals surface area contributed by atoms with Crippen molar-refractivity contribution in [3.8, 4) is 0 Å². The Balaban J connectivity index is 2.12. The van der Waals surface area contributed by atoms with E-state index in [0.717, 1.165) is 17.8 Å². The average molecular weight is 319 g/mol. The molecule has 1 aromatic carbocycles. The molecule has 1 atom stereocenters. The highest BCUT2D eigenvalue weighted by atomic mass is 35.5. The summed E-state index contributed by atoms with van der Waals surface area (Å²) in [6.45, 7) is 1.68. The minimum absolute atomic E-state index is 0.120. The zero-order valence-electron chi connectivity index (χ0n) is 9.82. The molecule has 0 aliphatic rings. The minimum Gasteiger partial charge on any atom is -0.292 e. The number of thiophene rings is 1. The molecule has 0 saturated carbocycles.